The van der Waals surface area contributed by atoms with Crippen LogP contribution >= 0.6 is 11.6 Å². The molecule has 0 aliphatic carbocycles. The topological polar surface area (TPSA) is 46.3 Å². The lowest BCUT2D eigenvalue weighted by Crippen LogP contribution is -2.31. The van der Waals surface area contributed by atoms with Gasteiger partial charge in [-0.1, -0.05) is 17.7 Å². The van der Waals surface area contributed by atoms with Crippen molar-refractivity contribution in [2.45, 2.75) is 12.6 Å². The minimum Gasteiger partial charge on any atom is -0.382 e. The molecular weight excluding hydrogens is 264 g/mol. The van der Waals surface area contributed by atoms with E-state index in [1.807, 2.05) is 24.4 Å². The van der Waals surface area contributed by atoms with Crippen LogP contribution in [0.4, 0.5) is 0 Å². The number of fused-ring (bicyclic) bond motifs is 1. The summed E-state index contributed by atoms with van der Waals surface area (Å²) in [5, 5.41) is 5.31. The number of aromatic nitrogens is 1. The van der Waals surface area contributed by atoms with Crippen LogP contribution in [0.15, 0.2) is 24.4 Å². The summed E-state index contributed by atoms with van der Waals surface area (Å²) in [4.78, 5) is 3.23. The zero-order chi connectivity index (χ0) is 13.7. The molecule has 2 aromatic rings. The third-order valence-electron chi connectivity index (χ3n) is 3.10. The van der Waals surface area contributed by atoms with Crippen LogP contribution in [0.5, 0.6) is 0 Å². The van der Waals surface area contributed by atoms with E-state index in [1.165, 1.54) is 10.9 Å². The Hall–Kier alpha value is -1.07. The summed E-state index contributed by atoms with van der Waals surface area (Å²) in [5.74, 6) is 0. The fourth-order valence-corrected chi connectivity index (χ4v) is 2.24. The van der Waals surface area contributed by atoms with Crippen LogP contribution in [0.1, 0.15) is 5.56 Å². The number of rotatable bonds is 7. The van der Waals surface area contributed by atoms with Gasteiger partial charge in [-0.05, 0) is 17.7 Å². The molecule has 0 aliphatic rings. The molecular formula is C14H19ClN2O2. The zero-order valence-corrected chi connectivity index (χ0v) is 12.0. The molecule has 0 fully saturated rings. The molecule has 1 aromatic carbocycles. The molecule has 1 atom stereocenters. The maximum Gasteiger partial charge on any atom is 0.0928 e. The fourth-order valence-electron chi connectivity index (χ4n) is 2.07. The first kappa shape index (κ1) is 14.3. The van der Waals surface area contributed by atoms with Gasteiger partial charge in [-0.2, -0.15) is 0 Å². The predicted molar refractivity (Wildman–Crippen MR) is 77.7 cm³/mol. The van der Waals surface area contributed by atoms with Crippen LogP contribution in [0, 0.1) is 0 Å². The summed E-state index contributed by atoms with van der Waals surface area (Å²) >= 11 is 5.96. The molecule has 1 unspecified atom stereocenters. The Morgan fingerprint density at radius 3 is 2.95 bits per heavy atom. The van der Waals surface area contributed by atoms with Crippen LogP contribution < -0.4 is 5.32 Å². The largest absolute Gasteiger partial charge is 0.382 e. The highest BCUT2D eigenvalue weighted by Gasteiger charge is 2.08. The van der Waals surface area contributed by atoms with Gasteiger partial charge in [0, 0.05) is 49.4 Å². The quantitative estimate of drug-likeness (QED) is 0.820. The van der Waals surface area contributed by atoms with Gasteiger partial charge < -0.3 is 19.8 Å². The molecule has 104 valence electrons. The minimum absolute atomic E-state index is 0.0738. The number of hydrogen-bond acceptors (Lipinski definition) is 3. The number of ether oxygens (including phenoxy) is 2. The van der Waals surface area contributed by atoms with Gasteiger partial charge in [0.25, 0.3) is 0 Å². The first-order valence-corrected chi connectivity index (χ1v) is 6.60. The number of H-pyrrole nitrogens is 1. The standard InChI is InChI=1S/C14H19ClN2O2/c1-18-9-12(19-2)8-16-6-10-7-17-14-5-11(15)3-4-13(10)14/h3-5,7,12,16-17H,6,8-9H2,1-2H3. The van der Waals surface area contributed by atoms with E-state index in [0.717, 1.165) is 23.6 Å². The van der Waals surface area contributed by atoms with Gasteiger partial charge in [0.05, 0.1) is 12.7 Å². The van der Waals surface area contributed by atoms with Crippen molar-refractivity contribution in [3.8, 4) is 0 Å². The molecule has 1 heterocycles. The average Bonchev–Trinajstić information content (AvgIpc) is 2.80. The maximum atomic E-state index is 5.96. The van der Waals surface area contributed by atoms with Gasteiger partial charge in [-0.25, -0.2) is 0 Å². The SMILES string of the molecule is COCC(CNCc1c[nH]c2cc(Cl)ccc12)OC. The summed E-state index contributed by atoms with van der Waals surface area (Å²) in [6, 6.07) is 5.88. The molecule has 19 heavy (non-hydrogen) atoms. The highest BCUT2D eigenvalue weighted by molar-refractivity contribution is 6.31. The van der Waals surface area contributed by atoms with Gasteiger partial charge in [0.1, 0.15) is 0 Å². The van der Waals surface area contributed by atoms with E-state index >= 15 is 0 Å². The van der Waals surface area contributed by atoms with Crippen molar-refractivity contribution in [2.24, 2.45) is 0 Å². The first-order valence-electron chi connectivity index (χ1n) is 6.22. The van der Waals surface area contributed by atoms with Crippen LogP contribution in [-0.4, -0.2) is 38.5 Å². The predicted octanol–water partition coefficient (Wildman–Crippen LogP) is 2.57. The van der Waals surface area contributed by atoms with Gasteiger partial charge in [-0.3, -0.25) is 0 Å². The highest BCUT2D eigenvalue weighted by Crippen LogP contribution is 2.21. The Labute approximate surface area is 118 Å². The van der Waals surface area contributed by atoms with Gasteiger partial charge in [0.15, 0.2) is 0 Å². The summed E-state index contributed by atoms with van der Waals surface area (Å²) in [6.07, 6.45) is 2.08. The lowest BCUT2D eigenvalue weighted by Gasteiger charge is -2.14. The Kier molecular flexibility index (Phi) is 5.22. The number of halogens is 1. The van der Waals surface area contributed by atoms with Crippen molar-refractivity contribution >= 4 is 22.5 Å². The van der Waals surface area contributed by atoms with E-state index < -0.39 is 0 Å². The normalized spacial score (nSPS) is 13.0. The maximum absolute atomic E-state index is 5.96. The molecule has 0 bridgehead atoms. The molecule has 0 saturated heterocycles. The third kappa shape index (κ3) is 3.70. The van der Waals surface area contributed by atoms with Crippen LogP contribution in [-0.2, 0) is 16.0 Å². The third-order valence-corrected chi connectivity index (χ3v) is 3.34. The molecule has 0 amide bonds. The Morgan fingerprint density at radius 1 is 1.37 bits per heavy atom. The number of methoxy groups -OCH3 is 2. The number of hydrogen-bond donors (Lipinski definition) is 2. The van der Waals surface area contributed by atoms with Crippen molar-refractivity contribution in [3.63, 3.8) is 0 Å². The van der Waals surface area contributed by atoms with E-state index in [-0.39, 0.29) is 6.10 Å². The molecule has 2 rings (SSSR count). The van der Waals surface area contributed by atoms with Crippen LogP contribution in [0.3, 0.4) is 0 Å². The Balaban J connectivity index is 1.94. The van der Waals surface area contributed by atoms with E-state index in [2.05, 4.69) is 10.3 Å². The summed E-state index contributed by atoms with van der Waals surface area (Å²) in [6.45, 7) is 2.13. The van der Waals surface area contributed by atoms with Crippen molar-refractivity contribution in [1.82, 2.24) is 10.3 Å². The summed E-state index contributed by atoms with van der Waals surface area (Å²) < 4.78 is 10.4. The second-order valence-corrected chi connectivity index (χ2v) is 4.88. The molecule has 4 nitrogen and oxygen atoms in total. The highest BCUT2D eigenvalue weighted by atomic mass is 35.5. The number of benzene rings is 1. The van der Waals surface area contributed by atoms with Gasteiger partial charge >= 0.3 is 0 Å². The van der Waals surface area contributed by atoms with Crippen LogP contribution in [0.25, 0.3) is 10.9 Å². The van der Waals surface area contributed by atoms with Crippen molar-refractivity contribution in [2.75, 3.05) is 27.4 Å². The second kappa shape index (κ2) is 6.91. The second-order valence-electron chi connectivity index (χ2n) is 4.45. The molecule has 2 N–H and O–H groups in total. The van der Waals surface area contributed by atoms with E-state index in [1.54, 1.807) is 14.2 Å². The first-order chi connectivity index (χ1) is 9.24. The van der Waals surface area contributed by atoms with E-state index in [9.17, 15) is 0 Å². The van der Waals surface area contributed by atoms with E-state index in [0.29, 0.717) is 6.61 Å². The van der Waals surface area contributed by atoms with Gasteiger partial charge in [0.2, 0.25) is 0 Å². The molecule has 0 radical (unpaired) electrons. The molecule has 0 spiro atoms. The number of aromatic amines is 1. The van der Waals surface area contributed by atoms with Crippen LogP contribution in [0.2, 0.25) is 5.02 Å². The monoisotopic (exact) mass is 282 g/mol. The molecule has 0 saturated carbocycles. The van der Waals surface area contributed by atoms with Crippen molar-refractivity contribution in [1.29, 1.82) is 0 Å². The van der Waals surface area contributed by atoms with E-state index in [4.69, 9.17) is 21.1 Å². The lowest BCUT2D eigenvalue weighted by atomic mass is 10.2. The lowest BCUT2D eigenvalue weighted by molar-refractivity contribution is 0.0288. The number of nitrogens with one attached hydrogen (secondary N) is 2. The molecule has 0 aliphatic heterocycles. The fraction of sp³-hybridized carbons (Fsp3) is 0.429. The summed E-state index contributed by atoms with van der Waals surface area (Å²) in [7, 11) is 3.37. The van der Waals surface area contributed by atoms with Crippen molar-refractivity contribution < 1.29 is 9.47 Å². The van der Waals surface area contributed by atoms with Crippen molar-refractivity contribution in [3.05, 3.63) is 35.0 Å². The minimum atomic E-state index is 0.0738. The smallest absolute Gasteiger partial charge is 0.0928 e. The van der Waals surface area contributed by atoms with Gasteiger partial charge in [-0.15, -0.1) is 0 Å². The summed E-state index contributed by atoms with van der Waals surface area (Å²) in [5.41, 5.74) is 2.28. The Bertz CT molecular complexity index is 527. The Morgan fingerprint density at radius 2 is 2.21 bits per heavy atom. The molecule has 1 aromatic heterocycles. The average molecular weight is 283 g/mol. The molecule has 5 heteroatoms. The zero-order valence-electron chi connectivity index (χ0n) is 11.2.